The van der Waals surface area contributed by atoms with Gasteiger partial charge < -0.3 is 19.8 Å². The summed E-state index contributed by atoms with van der Waals surface area (Å²) in [5.41, 5.74) is 5.56. The second-order valence-corrected chi connectivity index (χ2v) is 7.13. The van der Waals surface area contributed by atoms with E-state index in [1.807, 2.05) is 27.7 Å². The van der Waals surface area contributed by atoms with Crippen molar-refractivity contribution < 1.29 is 27.2 Å². The lowest BCUT2D eigenvalue weighted by Crippen LogP contribution is -2.41. The quantitative estimate of drug-likeness (QED) is 0.473. The summed E-state index contributed by atoms with van der Waals surface area (Å²) in [6.45, 7) is 7.67. The third-order valence-electron chi connectivity index (χ3n) is 4.35. The molecule has 0 bridgehead atoms. The van der Waals surface area contributed by atoms with Crippen molar-refractivity contribution in [1.82, 2.24) is 0 Å². The van der Waals surface area contributed by atoms with Gasteiger partial charge in [0.1, 0.15) is 0 Å². The molecule has 0 saturated carbocycles. The number of hydrogen-bond acceptors (Lipinski definition) is 5. The van der Waals surface area contributed by atoms with E-state index in [4.69, 9.17) is 15.0 Å². The first kappa shape index (κ1) is 20.0. The molecule has 0 atom stereocenters. The predicted molar refractivity (Wildman–Crippen MR) is 95.4 cm³/mol. The van der Waals surface area contributed by atoms with Crippen molar-refractivity contribution in [2.45, 2.75) is 45.3 Å². The zero-order valence-corrected chi connectivity index (χ0v) is 15.4. The Morgan fingerprint density at radius 2 is 1.80 bits per heavy atom. The first-order valence-corrected chi connectivity index (χ1v) is 8.30. The maximum atomic E-state index is 12.5. The molecule has 9 heteroatoms. The van der Waals surface area contributed by atoms with E-state index in [1.165, 1.54) is 12.1 Å². The van der Waals surface area contributed by atoms with E-state index in [2.05, 4.69) is 17.4 Å². The van der Waals surface area contributed by atoms with Crippen LogP contribution in [0.2, 0.25) is 0 Å². The van der Waals surface area contributed by atoms with Crippen molar-refractivity contribution in [2.24, 2.45) is 0 Å². The van der Waals surface area contributed by atoms with Crippen LogP contribution in [0.15, 0.2) is 23.7 Å². The van der Waals surface area contributed by atoms with Crippen molar-refractivity contribution in [3.8, 4) is 5.75 Å². The van der Waals surface area contributed by atoms with Gasteiger partial charge in [-0.2, -0.15) is 12.6 Å². The third kappa shape index (κ3) is 4.65. The molecule has 1 heterocycles. The number of rotatable bonds is 4. The van der Waals surface area contributed by atoms with Gasteiger partial charge in [-0.3, -0.25) is 0 Å². The summed E-state index contributed by atoms with van der Waals surface area (Å²) in [7, 11) is -0.632. The zero-order valence-electron chi connectivity index (χ0n) is 14.5. The molecule has 25 heavy (non-hydrogen) atoms. The largest absolute Gasteiger partial charge is 0.573 e. The maximum Gasteiger partial charge on any atom is 0.573 e. The number of anilines is 1. The Labute approximate surface area is 151 Å². The summed E-state index contributed by atoms with van der Waals surface area (Å²) >= 11 is 4.29. The van der Waals surface area contributed by atoms with E-state index in [9.17, 15) is 13.2 Å². The number of nitrogen functional groups attached to an aromatic ring is 1. The summed E-state index contributed by atoms with van der Waals surface area (Å²) in [5, 5.41) is 0. The highest BCUT2D eigenvalue weighted by Crippen LogP contribution is 2.39. The van der Waals surface area contributed by atoms with Gasteiger partial charge in [0.2, 0.25) is 0 Å². The molecule has 0 radical (unpaired) electrons. The molecule has 1 saturated heterocycles. The van der Waals surface area contributed by atoms with Gasteiger partial charge in [-0.1, -0.05) is 12.1 Å². The third-order valence-corrected chi connectivity index (χ3v) is 4.72. The Morgan fingerprint density at radius 3 is 2.28 bits per heavy atom. The summed E-state index contributed by atoms with van der Waals surface area (Å²) < 4.78 is 53.2. The number of benzene rings is 1. The predicted octanol–water partition coefficient (Wildman–Crippen LogP) is 4.11. The van der Waals surface area contributed by atoms with Crippen molar-refractivity contribution in [3.63, 3.8) is 0 Å². The molecular formula is C16H21BF3NO3S. The second-order valence-electron chi connectivity index (χ2n) is 6.81. The second kappa shape index (κ2) is 6.77. The van der Waals surface area contributed by atoms with Crippen LogP contribution in [0, 0.1) is 0 Å². The van der Waals surface area contributed by atoms with Gasteiger partial charge in [-0.25, -0.2) is 0 Å². The molecule has 2 N–H and O–H groups in total. The van der Waals surface area contributed by atoms with Crippen molar-refractivity contribution in [1.29, 1.82) is 0 Å². The van der Waals surface area contributed by atoms with Gasteiger partial charge in [0.25, 0.3) is 0 Å². The van der Waals surface area contributed by atoms with Crippen molar-refractivity contribution in [2.75, 3.05) is 11.5 Å². The van der Waals surface area contributed by atoms with Gasteiger partial charge in [0.15, 0.2) is 5.75 Å². The van der Waals surface area contributed by atoms with Gasteiger partial charge in [0.05, 0.1) is 16.9 Å². The molecule has 1 fully saturated rings. The number of halogens is 3. The molecule has 1 aromatic rings. The number of nitrogens with two attached hydrogens (primary N) is 1. The molecule has 1 aliphatic heterocycles. The van der Waals surface area contributed by atoms with E-state index >= 15 is 0 Å². The molecule has 0 amide bonds. The molecule has 1 aliphatic rings. The lowest BCUT2D eigenvalue weighted by atomic mass is 9.78. The van der Waals surface area contributed by atoms with E-state index in [-0.39, 0.29) is 5.69 Å². The van der Waals surface area contributed by atoms with Crippen LogP contribution in [-0.4, -0.2) is 30.4 Å². The van der Waals surface area contributed by atoms with Gasteiger partial charge in [-0.15, -0.1) is 13.2 Å². The SMILES string of the molecule is CC1(C)OB(C(=Cc2ccc(N)c(OC(F)(F)F)c2)CS)OC1(C)C. The lowest BCUT2D eigenvalue weighted by Gasteiger charge is -2.32. The van der Waals surface area contributed by atoms with E-state index in [0.717, 1.165) is 0 Å². The Bertz CT molecular complexity index is 661. The molecule has 0 spiro atoms. The monoisotopic (exact) mass is 375 g/mol. The van der Waals surface area contributed by atoms with Crippen LogP contribution in [0.3, 0.4) is 0 Å². The normalized spacial score (nSPS) is 20.0. The maximum absolute atomic E-state index is 12.5. The number of ether oxygens (including phenoxy) is 1. The smallest absolute Gasteiger partial charge is 0.404 e. The molecule has 0 aromatic heterocycles. The Hall–Kier alpha value is -1.32. The fraction of sp³-hybridized carbons (Fsp3) is 0.500. The first-order chi connectivity index (χ1) is 11.3. The van der Waals surface area contributed by atoms with Crippen LogP contribution >= 0.6 is 12.6 Å². The van der Waals surface area contributed by atoms with Crippen molar-refractivity contribution >= 4 is 31.5 Å². The van der Waals surface area contributed by atoms with Crippen molar-refractivity contribution in [3.05, 3.63) is 29.2 Å². The molecule has 4 nitrogen and oxygen atoms in total. The Morgan fingerprint density at radius 1 is 1.24 bits per heavy atom. The Kier molecular flexibility index (Phi) is 5.42. The molecule has 0 aliphatic carbocycles. The molecular weight excluding hydrogens is 354 g/mol. The first-order valence-electron chi connectivity index (χ1n) is 7.67. The van der Waals surface area contributed by atoms with Gasteiger partial charge >= 0.3 is 13.5 Å². The topological polar surface area (TPSA) is 53.7 Å². The minimum absolute atomic E-state index is 0.0995. The summed E-state index contributed by atoms with van der Waals surface area (Å²) in [6.07, 6.45) is -3.15. The number of alkyl halides is 3. The molecule has 138 valence electrons. The average Bonchev–Trinajstić information content (AvgIpc) is 2.66. The van der Waals surface area contributed by atoms with Crippen LogP contribution < -0.4 is 10.5 Å². The van der Waals surface area contributed by atoms with Crippen LogP contribution in [0.5, 0.6) is 5.75 Å². The average molecular weight is 375 g/mol. The summed E-state index contributed by atoms with van der Waals surface area (Å²) in [4.78, 5) is 0. The zero-order chi connectivity index (χ0) is 19.0. The molecule has 2 rings (SSSR count). The highest BCUT2D eigenvalue weighted by Gasteiger charge is 2.52. The highest BCUT2D eigenvalue weighted by molar-refractivity contribution is 7.80. The minimum Gasteiger partial charge on any atom is -0.404 e. The highest BCUT2D eigenvalue weighted by atomic mass is 32.1. The number of thiol groups is 1. The lowest BCUT2D eigenvalue weighted by molar-refractivity contribution is -0.274. The fourth-order valence-corrected chi connectivity index (χ4v) is 2.49. The molecule has 0 unspecified atom stereocenters. The standard InChI is InChI=1S/C16H21BF3NO3S/c1-14(2)15(3,4)24-17(23-14)11(9-25)7-10-5-6-12(21)13(8-10)22-16(18,19)20/h5-8,25H,9,21H2,1-4H3. The van der Waals surface area contributed by atoms with E-state index in [1.54, 1.807) is 12.1 Å². The molecule has 1 aromatic carbocycles. The van der Waals surface area contributed by atoms with Crippen LogP contribution in [-0.2, 0) is 9.31 Å². The van der Waals surface area contributed by atoms with Crippen LogP contribution in [0.25, 0.3) is 6.08 Å². The summed E-state index contributed by atoms with van der Waals surface area (Å²) in [5.74, 6) is -0.134. The van der Waals surface area contributed by atoms with Crippen LogP contribution in [0.1, 0.15) is 33.3 Å². The van der Waals surface area contributed by atoms with E-state index < -0.39 is 30.4 Å². The van der Waals surface area contributed by atoms with Crippen LogP contribution in [0.4, 0.5) is 18.9 Å². The van der Waals surface area contributed by atoms with Gasteiger partial charge in [0, 0.05) is 5.75 Å². The van der Waals surface area contributed by atoms with E-state index in [0.29, 0.717) is 16.8 Å². The van der Waals surface area contributed by atoms with Gasteiger partial charge in [-0.05, 0) is 50.9 Å². The minimum atomic E-state index is -4.81. The number of hydrogen-bond donors (Lipinski definition) is 2. The fourth-order valence-electron chi connectivity index (χ4n) is 2.25. The Balaban J connectivity index is 2.30. The summed E-state index contributed by atoms with van der Waals surface area (Å²) in [6, 6.07) is 4.16.